The van der Waals surface area contributed by atoms with Crippen molar-refractivity contribution >= 4 is 11.6 Å². The molecule has 0 bridgehead atoms. The first kappa shape index (κ1) is 13.7. The Morgan fingerprint density at radius 2 is 2.29 bits per heavy atom. The van der Waals surface area contributed by atoms with E-state index in [1.807, 2.05) is 31.2 Å². The lowest BCUT2D eigenvalue weighted by atomic mass is 10.2. The van der Waals surface area contributed by atoms with Crippen LogP contribution in [0.15, 0.2) is 24.3 Å². The van der Waals surface area contributed by atoms with Crippen LogP contribution in [0.3, 0.4) is 0 Å². The van der Waals surface area contributed by atoms with Gasteiger partial charge in [0.2, 0.25) is 0 Å². The molecule has 0 spiro atoms. The summed E-state index contributed by atoms with van der Waals surface area (Å²) in [6, 6.07) is 7.50. The maximum atomic E-state index is 11.8. The van der Waals surface area contributed by atoms with Gasteiger partial charge in [-0.15, -0.1) is 0 Å². The lowest BCUT2D eigenvalue weighted by Gasteiger charge is -2.13. The first-order chi connectivity index (χ1) is 8.17. The van der Waals surface area contributed by atoms with Gasteiger partial charge in [0.1, 0.15) is 6.10 Å². The third kappa shape index (κ3) is 4.54. The SMILES string of the molecule is CCCOC(C)C(=O)Nc1cccc(CN)c1. The zero-order valence-electron chi connectivity index (χ0n) is 10.4. The Balaban J connectivity index is 2.54. The maximum Gasteiger partial charge on any atom is 0.253 e. The van der Waals surface area contributed by atoms with E-state index < -0.39 is 6.10 Å². The molecule has 94 valence electrons. The number of carbonyl (C=O) groups is 1. The number of carbonyl (C=O) groups excluding carboxylic acids is 1. The van der Waals surface area contributed by atoms with Crippen molar-refractivity contribution in [1.29, 1.82) is 0 Å². The second-order valence-electron chi connectivity index (χ2n) is 3.91. The van der Waals surface area contributed by atoms with Crippen LogP contribution in [0.5, 0.6) is 0 Å². The molecule has 0 heterocycles. The minimum absolute atomic E-state index is 0.132. The smallest absolute Gasteiger partial charge is 0.253 e. The van der Waals surface area contributed by atoms with Crippen molar-refractivity contribution in [3.05, 3.63) is 29.8 Å². The zero-order valence-corrected chi connectivity index (χ0v) is 10.4. The number of benzene rings is 1. The van der Waals surface area contributed by atoms with E-state index in [1.54, 1.807) is 6.92 Å². The molecule has 0 saturated heterocycles. The van der Waals surface area contributed by atoms with Crippen LogP contribution in [0.1, 0.15) is 25.8 Å². The highest BCUT2D eigenvalue weighted by Crippen LogP contribution is 2.11. The van der Waals surface area contributed by atoms with E-state index in [2.05, 4.69) is 5.32 Å². The molecule has 0 fully saturated rings. The first-order valence-corrected chi connectivity index (χ1v) is 5.88. The van der Waals surface area contributed by atoms with E-state index in [9.17, 15) is 4.79 Å². The Hall–Kier alpha value is -1.39. The molecule has 0 radical (unpaired) electrons. The van der Waals surface area contributed by atoms with Crippen molar-refractivity contribution < 1.29 is 9.53 Å². The molecule has 1 aromatic rings. The summed E-state index contributed by atoms with van der Waals surface area (Å²) in [6.45, 7) is 4.82. The molecule has 1 rings (SSSR count). The summed E-state index contributed by atoms with van der Waals surface area (Å²) in [7, 11) is 0. The van der Waals surface area contributed by atoms with Gasteiger partial charge in [-0.25, -0.2) is 0 Å². The van der Waals surface area contributed by atoms with Gasteiger partial charge in [0.15, 0.2) is 0 Å². The van der Waals surface area contributed by atoms with Crippen molar-refractivity contribution in [3.63, 3.8) is 0 Å². The average Bonchev–Trinajstić information content (AvgIpc) is 2.36. The van der Waals surface area contributed by atoms with Gasteiger partial charge in [0.05, 0.1) is 0 Å². The topological polar surface area (TPSA) is 64.3 Å². The number of nitrogens with two attached hydrogens (primary N) is 1. The van der Waals surface area contributed by atoms with Gasteiger partial charge >= 0.3 is 0 Å². The Labute approximate surface area is 102 Å². The summed E-state index contributed by atoms with van der Waals surface area (Å²) in [5.41, 5.74) is 7.28. The summed E-state index contributed by atoms with van der Waals surface area (Å²) < 4.78 is 5.34. The van der Waals surface area contributed by atoms with Gasteiger partial charge in [-0.05, 0) is 31.0 Å². The van der Waals surface area contributed by atoms with Crippen LogP contribution in [-0.4, -0.2) is 18.6 Å². The third-order valence-corrected chi connectivity index (χ3v) is 2.37. The number of ether oxygens (including phenoxy) is 1. The summed E-state index contributed by atoms with van der Waals surface area (Å²) in [5, 5.41) is 2.81. The first-order valence-electron chi connectivity index (χ1n) is 5.88. The molecular formula is C13H20N2O2. The van der Waals surface area contributed by atoms with Gasteiger partial charge in [-0.2, -0.15) is 0 Å². The lowest BCUT2D eigenvalue weighted by molar-refractivity contribution is -0.126. The predicted molar refractivity (Wildman–Crippen MR) is 68.7 cm³/mol. The largest absolute Gasteiger partial charge is 0.369 e. The Morgan fingerprint density at radius 1 is 1.53 bits per heavy atom. The summed E-state index contributed by atoms with van der Waals surface area (Å²) in [6.07, 6.45) is 0.469. The van der Waals surface area contributed by atoms with E-state index in [1.165, 1.54) is 0 Å². The molecule has 3 N–H and O–H groups in total. The number of amides is 1. The highest BCUT2D eigenvalue weighted by atomic mass is 16.5. The van der Waals surface area contributed by atoms with E-state index >= 15 is 0 Å². The second kappa shape index (κ2) is 7.04. The predicted octanol–water partition coefficient (Wildman–Crippen LogP) is 1.90. The normalized spacial score (nSPS) is 12.2. The number of anilines is 1. The van der Waals surface area contributed by atoms with E-state index in [0.717, 1.165) is 17.7 Å². The van der Waals surface area contributed by atoms with Crippen molar-refractivity contribution in [2.75, 3.05) is 11.9 Å². The highest BCUT2D eigenvalue weighted by molar-refractivity contribution is 5.93. The standard InChI is InChI=1S/C13H20N2O2/c1-3-7-17-10(2)13(16)15-12-6-4-5-11(8-12)9-14/h4-6,8,10H,3,7,9,14H2,1-2H3,(H,15,16). The van der Waals surface area contributed by atoms with Crippen LogP contribution in [0.2, 0.25) is 0 Å². The second-order valence-corrected chi connectivity index (χ2v) is 3.91. The molecule has 1 atom stereocenters. The van der Waals surface area contributed by atoms with Crippen molar-refractivity contribution in [3.8, 4) is 0 Å². The summed E-state index contributed by atoms with van der Waals surface area (Å²) in [4.78, 5) is 11.8. The number of hydrogen-bond donors (Lipinski definition) is 2. The van der Waals surface area contributed by atoms with Crippen molar-refractivity contribution in [1.82, 2.24) is 0 Å². The molecule has 1 unspecified atom stereocenters. The monoisotopic (exact) mass is 236 g/mol. The average molecular weight is 236 g/mol. The fourth-order valence-corrected chi connectivity index (χ4v) is 1.39. The van der Waals surface area contributed by atoms with E-state index in [0.29, 0.717) is 13.2 Å². The Morgan fingerprint density at radius 3 is 2.94 bits per heavy atom. The van der Waals surface area contributed by atoms with Crippen LogP contribution < -0.4 is 11.1 Å². The highest BCUT2D eigenvalue weighted by Gasteiger charge is 2.12. The molecule has 0 saturated carbocycles. The molecule has 0 aliphatic rings. The zero-order chi connectivity index (χ0) is 12.7. The number of nitrogens with one attached hydrogen (secondary N) is 1. The molecule has 1 aromatic carbocycles. The van der Waals surface area contributed by atoms with E-state index in [4.69, 9.17) is 10.5 Å². The van der Waals surface area contributed by atoms with Gasteiger partial charge in [0, 0.05) is 18.8 Å². The molecule has 17 heavy (non-hydrogen) atoms. The summed E-state index contributed by atoms with van der Waals surface area (Å²) in [5.74, 6) is -0.132. The van der Waals surface area contributed by atoms with Crippen LogP contribution in [-0.2, 0) is 16.1 Å². The van der Waals surface area contributed by atoms with Crippen LogP contribution in [0.25, 0.3) is 0 Å². The van der Waals surface area contributed by atoms with Gasteiger partial charge in [0.25, 0.3) is 5.91 Å². The van der Waals surface area contributed by atoms with Crippen molar-refractivity contribution in [2.45, 2.75) is 32.9 Å². The molecule has 0 aromatic heterocycles. The lowest BCUT2D eigenvalue weighted by Crippen LogP contribution is -2.28. The quantitative estimate of drug-likeness (QED) is 0.793. The van der Waals surface area contributed by atoms with Gasteiger partial charge in [-0.1, -0.05) is 19.1 Å². The number of hydrogen-bond acceptors (Lipinski definition) is 3. The maximum absolute atomic E-state index is 11.8. The fraction of sp³-hybridized carbons (Fsp3) is 0.462. The Bertz CT molecular complexity index is 366. The molecule has 0 aliphatic carbocycles. The van der Waals surface area contributed by atoms with Gasteiger partial charge < -0.3 is 15.8 Å². The third-order valence-electron chi connectivity index (χ3n) is 2.37. The van der Waals surface area contributed by atoms with Crippen LogP contribution in [0.4, 0.5) is 5.69 Å². The fourth-order valence-electron chi connectivity index (χ4n) is 1.39. The molecule has 1 amide bonds. The molecular weight excluding hydrogens is 216 g/mol. The van der Waals surface area contributed by atoms with E-state index in [-0.39, 0.29) is 5.91 Å². The van der Waals surface area contributed by atoms with Gasteiger partial charge in [-0.3, -0.25) is 4.79 Å². The summed E-state index contributed by atoms with van der Waals surface area (Å²) >= 11 is 0. The molecule has 0 aliphatic heterocycles. The molecule has 4 nitrogen and oxygen atoms in total. The van der Waals surface area contributed by atoms with Crippen molar-refractivity contribution in [2.24, 2.45) is 5.73 Å². The van der Waals surface area contributed by atoms with Crippen LogP contribution in [0, 0.1) is 0 Å². The minimum atomic E-state index is -0.434. The molecule has 4 heteroatoms. The number of rotatable bonds is 6. The Kier molecular flexibility index (Phi) is 5.66. The van der Waals surface area contributed by atoms with Crippen LogP contribution >= 0.6 is 0 Å². The minimum Gasteiger partial charge on any atom is -0.369 e.